The Morgan fingerprint density at radius 2 is 0.947 bits per heavy atom. The van der Waals surface area contributed by atoms with Crippen molar-refractivity contribution in [3.8, 4) is 0 Å². The van der Waals surface area contributed by atoms with Gasteiger partial charge in [0.25, 0.3) is 0 Å². The quantitative estimate of drug-likeness (QED) is 0.255. The standard InChI is InChI=1S/C6H13NO.C5H12N2.C5H13N.C4H9NO.C4H9N.C4H10O.CH4/c1-5(2)6(3)7-8-4;1-5(2)6-7(3)4;1-5(2)6(3)4;1-4(2)5-6-3;2*1-4(2)5-3;/h5H,1-4H3;1-4H3;5H,1-4H3;1-3H3;1-3H3;4H,1-3H3;1H4/b7-6-;;;;;;. The molecule has 0 bridgehead atoms. The van der Waals surface area contributed by atoms with Gasteiger partial charge in [0.05, 0.1) is 17.5 Å². The molecule has 0 aromatic rings. The van der Waals surface area contributed by atoms with Crippen molar-refractivity contribution in [2.75, 3.05) is 56.6 Å². The molecule has 0 aliphatic heterocycles. The zero-order valence-corrected chi connectivity index (χ0v) is 28.6. The molecule has 0 aromatic heterocycles. The molecule has 0 atom stereocenters. The van der Waals surface area contributed by atoms with E-state index in [1.807, 2.05) is 76.4 Å². The number of nitrogens with zero attached hydrogens (tertiary/aromatic N) is 6. The lowest BCUT2D eigenvalue weighted by Gasteiger charge is -2.12. The van der Waals surface area contributed by atoms with Gasteiger partial charge in [-0.15, -0.1) is 0 Å². The van der Waals surface area contributed by atoms with Gasteiger partial charge in [-0.1, -0.05) is 31.6 Å². The third kappa shape index (κ3) is 92.6. The Balaban J connectivity index is -0.0000000609. The van der Waals surface area contributed by atoms with E-state index in [0.717, 1.165) is 22.8 Å². The normalized spacial score (nSPS) is 9.13. The van der Waals surface area contributed by atoms with Gasteiger partial charge in [-0.05, 0) is 96.2 Å². The van der Waals surface area contributed by atoms with Gasteiger partial charge in [0.2, 0.25) is 0 Å². The topological polar surface area (TPSA) is 83.6 Å². The first-order valence-corrected chi connectivity index (χ1v) is 12.7. The van der Waals surface area contributed by atoms with Crippen molar-refractivity contribution < 1.29 is 14.4 Å². The van der Waals surface area contributed by atoms with Gasteiger partial charge < -0.3 is 24.3 Å². The van der Waals surface area contributed by atoms with E-state index < -0.39 is 0 Å². The van der Waals surface area contributed by atoms with Gasteiger partial charge in [0, 0.05) is 45.7 Å². The summed E-state index contributed by atoms with van der Waals surface area (Å²) in [6.07, 6.45) is 0.384. The van der Waals surface area contributed by atoms with Crippen LogP contribution in [0.2, 0.25) is 0 Å². The molecule has 9 heteroatoms. The Morgan fingerprint density at radius 1 is 0.632 bits per heavy atom. The van der Waals surface area contributed by atoms with Crippen molar-refractivity contribution in [2.45, 2.75) is 110 Å². The molecule has 38 heavy (non-hydrogen) atoms. The number of aliphatic imine (C=N–C) groups is 1. The SMILES string of the molecule is C.CC(C)=NN(C)C.CC(C)N(C)C.CN=C(C)C.CO/N=C(/C)C(C)C.COC(C)C.CON=C(C)C. The largest absolute Gasteiger partial charge is 0.399 e. The first-order valence-electron chi connectivity index (χ1n) is 12.7. The molecule has 0 radical (unpaired) electrons. The van der Waals surface area contributed by atoms with E-state index in [4.69, 9.17) is 4.74 Å². The Morgan fingerprint density at radius 3 is 0.974 bits per heavy atom. The van der Waals surface area contributed by atoms with Crippen molar-refractivity contribution in [3.05, 3.63) is 0 Å². The van der Waals surface area contributed by atoms with Crippen LogP contribution in [0.25, 0.3) is 0 Å². The van der Waals surface area contributed by atoms with Crippen LogP contribution in [0.1, 0.15) is 97.4 Å². The summed E-state index contributed by atoms with van der Waals surface area (Å²) < 4.78 is 4.75. The molecule has 0 saturated heterocycles. The average Bonchev–Trinajstić information content (AvgIpc) is 2.74. The summed E-state index contributed by atoms with van der Waals surface area (Å²) in [6.45, 7) is 26.1. The highest BCUT2D eigenvalue weighted by molar-refractivity contribution is 5.83. The molecule has 0 rings (SSSR count). The van der Waals surface area contributed by atoms with Gasteiger partial charge in [0.1, 0.15) is 14.2 Å². The van der Waals surface area contributed by atoms with Crippen molar-refractivity contribution in [1.29, 1.82) is 0 Å². The Labute approximate surface area is 239 Å². The van der Waals surface area contributed by atoms with Gasteiger partial charge in [0.15, 0.2) is 0 Å². The Kier molecular flexibility index (Phi) is 54.5. The number of rotatable bonds is 6. The summed E-state index contributed by atoms with van der Waals surface area (Å²) in [5.41, 5.74) is 4.19. The van der Waals surface area contributed by atoms with E-state index in [2.05, 4.69) is 76.8 Å². The fourth-order valence-electron chi connectivity index (χ4n) is 0.832. The molecule has 0 saturated carbocycles. The predicted octanol–water partition coefficient (Wildman–Crippen LogP) is 7.37. The summed E-state index contributed by atoms with van der Waals surface area (Å²) in [4.78, 5) is 14.9. The smallest absolute Gasteiger partial charge is 0.106 e. The summed E-state index contributed by atoms with van der Waals surface area (Å²) in [5, 5.41) is 13.1. The minimum absolute atomic E-state index is 0. The fraction of sp³-hybridized carbons (Fsp3) is 0.862. The van der Waals surface area contributed by atoms with Crippen LogP contribution >= 0.6 is 0 Å². The highest BCUT2D eigenvalue weighted by Gasteiger charge is 1.95. The van der Waals surface area contributed by atoms with E-state index in [9.17, 15) is 0 Å². The summed E-state index contributed by atoms with van der Waals surface area (Å²) >= 11 is 0. The monoisotopic (exact) mass is 551 g/mol. The van der Waals surface area contributed by atoms with Crippen LogP contribution in [0.3, 0.4) is 0 Å². The third-order valence-electron chi connectivity index (χ3n) is 3.70. The number of hydrogen-bond donors (Lipinski definition) is 0. The second kappa shape index (κ2) is 39.5. The molecule has 0 aromatic carbocycles. The first-order chi connectivity index (χ1) is 16.8. The summed E-state index contributed by atoms with van der Waals surface area (Å²) in [6, 6.07) is 0.685. The second-order valence-electron chi connectivity index (χ2n) is 9.70. The van der Waals surface area contributed by atoms with Crippen LogP contribution in [0.5, 0.6) is 0 Å². The maximum atomic E-state index is 4.75. The molecule has 0 aliphatic rings. The van der Waals surface area contributed by atoms with Crippen LogP contribution in [0.15, 0.2) is 20.4 Å². The first kappa shape index (κ1) is 52.4. The lowest BCUT2D eigenvalue weighted by Crippen LogP contribution is -2.20. The molecule has 9 nitrogen and oxygen atoms in total. The van der Waals surface area contributed by atoms with Crippen LogP contribution in [-0.4, -0.2) is 101 Å². The fourth-order valence-corrected chi connectivity index (χ4v) is 0.832. The maximum Gasteiger partial charge on any atom is 0.106 e. The number of hydrazone groups is 1. The molecule has 0 amide bonds. The van der Waals surface area contributed by atoms with E-state index in [1.54, 1.807) is 26.3 Å². The molecule has 0 heterocycles. The molecule has 0 unspecified atom stereocenters. The van der Waals surface area contributed by atoms with E-state index in [-0.39, 0.29) is 7.43 Å². The minimum atomic E-state index is 0. The molecular formula is C29H70N6O3. The van der Waals surface area contributed by atoms with Crippen LogP contribution in [0.4, 0.5) is 0 Å². The summed E-state index contributed by atoms with van der Waals surface area (Å²) in [5.74, 6) is 0.495. The van der Waals surface area contributed by atoms with Gasteiger partial charge in [-0.2, -0.15) is 5.10 Å². The van der Waals surface area contributed by atoms with Crippen molar-refractivity contribution in [2.24, 2.45) is 26.3 Å². The predicted molar refractivity (Wildman–Crippen MR) is 176 cm³/mol. The molecule has 0 N–H and O–H groups in total. The van der Waals surface area contributed by atoms with Gasteiger partial charge >= 0.3 is 0 Å². The highest BCUT2D eigenvalue weighted by Crippen LogP contribution is 1.94. The zero-order chi connectivity index (χ0) is 31.1. The van der Waals surface area contributed by atoms with Crippen LogP contribution < -0.4 is 0 Å². The van der Waals surface area contributed by atoms with Crippen LogP contribution in [0, 0.1) is 5.92 Å². The van der Waals surface area contributed by atoms with Gasteiger partial charge in [-0.3, -0.25) is 4.99 Å². The molecule has 0 fully saturated rings. The number of ether oxygens (including phenoxy) is 1. The Bertz CT molecular complexity index is 551. The second-order valence-corrected chi connectivity index (χ2v) is 9.70. The van der Waals surface area contributed by atoms with E-state index in [1.165, 1.54) is 7.11 Å². The minimum Gasteiger partial charge on any atom is -0.399 e. The lowest BCUT2D eigenvalue weighted by atomic mass is 10.1. The third-order valence-corrected chi connectivity index (χ3v) is 3.70. The van der Waals surface area contributed by atoms with Crippen molar-refractivity contribution in [3.63, 3.8) is 0 Å². The van der Waals surface area contributed by atoms with Crippen molar-refractivity contribution in [1.82, 2.24) is 9.91 Å². The maximum absolute atomic E-state index is 4.75. The Hall–Kier alpha value is -2.00. The van der Waals surface area contributed by atoms with E-state index >= 15 is 0 Å². The number of oxime groups is 2. The average molecular weight is 551 g/mol. The number of methoxy groups -OCH3 is 1. The number of hydrogen-bond acceptors (Lipinski definition) is 9. The zero-order valence-electron chi connectivity index (χ0n) is 28.6. The molecule has 234 valence electrons. The molecule has 0 aliphatic carbocycles. The lowest BCUT2D eigenvalue weighted by molar-refractivity contribution is 0.134. The van der Waals surface area contributed by atoms with E-state index in [0.29, 0.717) is 18.1 Å². The molecule has 0 spiro atoms. The molecular weight excluding hydrogens is 480 g/mol. The van der Waals surface area contributed by atoms with Crippen molar-refractivity contribution >= 4 is 22.8 Å². The summed E-state index contributed by atoms with van der Waals surface area (Å²) in [7, 11) is 14.5. The van der Waals surface area contributed by atoms with Gasteiger partial charge in [-0.25, -0.2) is 0 Å². The highest BCUT2D eigenvalue weighted by atomic mass is 16.6. The van der Waals surface area contributed by atoms with Crippen LogP contribution in [-0.2, 0) is 14.4 Å².